The van der Waals surface area contributed by atoms with E-state index in [1.54, 1.807) is 14.0 Å². The first-order chi connectivity index (χ1) is 9.43. The quantitative estimate of drug-likeness (QED) is 0.731. The predicted octanol–water partition coefficient (Wildman–Crippen LogP) is -0.158. The molecule has 0 aromatic carbocycles. The van der Waals surface area contributed by atoms with Crippen LogP contribution in [0.15, 0.2) is 23.1 Å². The van der Waals surface area contributed by atoms with Crippen LogP contribution in [0.25, 0.3) is 0 Å². The molecule has 1 heterocycles. The zero-order chi connectivity index (χ0) is 15.1. The topological polar surface area (TPSA) is 94.6 Å². The van der Waals surface area contributed by atoms with Crippen molar-refractivity contribution >= 4 is 17.6 Å². The maximum absolute atomic E-state index is 11.9. The van der Waals surface area contributed by atoms with E-state index in [-0.39, 0.29) is 36.9 Å². The van der Waals surface area contributed by atoms with E-state index < -0.39 is 0 Å². The Hall–Kier alpha value is -2.31. The SMILES string of the molecule is CCOC(=O)CCN(C)C(=O)Cn1cc(N)ccc1=O. The average molecular weight is 281 g/mol. The number of hydrogen-bond acceptors (Lipinski definition) is 5. The van der Waals surface area contributed by atoms with Gasteiger partial charge in [0.05, 0.1) is 13.0 Å². The van der Waals surface area contributed by atoms with E-state index in [1.165, 1.54) is 27.8 Å². The molecule has 2 N–H and O–H groups in total. The second-order valence-corrected chi connectivity index (χ2v) is 4.30. The van der Waals surface area contributed by atoms with Gasteiger partial charge in [0.25, 0.3) is 5.56 Å². The van der Waals surface area contributed by atoms with Crippen LogP contribution in [0.4, 0.5) is 5.69 Å². The summed E-state index contributed by atoms with van der Waals surface area (Å²) in [5, 5.41) is 0. The van der Waals surface area contributed by atoms with Crippen molar-refractivity contribution in [3.8, 4) is 0 Å². The van der Waals surface area contributed by atoms with E-state index in [1.807, 2.05) is 0 Å². The van der Waals surface area contributed by atoms with Crippen LogP contribution in [0.1, 0.15) is 13.3 Å². The highest BCUT2D eigenvalue weighted by Crippen LogP contribution is 1.98. The summed E-state index contributed by atoms with van der Waals surface area (Å²) in [5.41, 5.74) is 5.67. The smallest absolute Gasteiger partial charge is 0.307 e. The number of aromatic nitrogens is 1. The van der Waals surface area contributed by atoms with Gasteiger partial charge in [0.1, 0.15) is 6.54 Å². The van der Waals surface area contributed by atoms with Crippen LogP contribution < -0.4 is 11.3 Å². The third-order valence-corrected chi connectivity index (χ3v) is 2.69. The van der Waals surface area contributed by atoms with E-state index in [2.05, 4.69) is 0 Å². The highest BCUT2D eigenvalue weighted by atomic mass is 16.5. The fourth-order valence-electron chi connectivity index (χ4n) is 1.56. The van der Waals surface area contributed by atoms with Crippen molar-refractivity contribution in [3.63, 3.8) is 0 Å². The molecule has 0 spiro atoms. The van der Waals surface area contributed by atoms with Crippen LogP contribution in [-0.2, 0) is 20.9 Å². The minimum Gasteiger partial charge on any atom is -0.466 e. The van der Waals surface area contributed by atoms with Crippen molar-refractivity contribution in [2.24, 2.45) is 0 Å². The number of esters is 1. The van der Waals surface area contributed by atoms with Gasteiger partial charge in [0.15, 0.2) is 0 Å². The number of amides is 1. The number of nitrogen functional groups attached to an aromatic ring is 1. The summed E-state index contributed by atoms with van der Waals surface area (Å²) < 4.78 is 6.01. The molecule has 0 saturated carbocycles. The Balaban J connectivity index is 2.55. The van der Waals surface area contributed by atoms with Crippen LogP contribution >= 0.6 is 0 Å². The van der Waals surface area contributed by atoms with Gasteiger partial charge >= 0.3 is 5.97 Å². The van der Waals surface area contributed by atoms with E-state index in [0.717, 1.165) is 0 Å². The molecule has 0 unspecified atom stereocenters. The minimum absolute atomic E-state index is 0.108. The first-order valence-corrected chi connectivity index (χ1v) is 6.29. The first kappa shape index (κ1) is 15.7. The predicted molar refractivity (Wildman–Crippen MR) is 74.0 cm³/mol. The summed E-state index contributed by atoms with van der Waals surface area (Å²) in [5.74, 6) is -0.629. The molecule has 7 heteroatoms. The third-order valence-electron chi connectivity index (χ3n) is 2.69. The zero-order valence-electron chi connectivity index (χ0n) is 11.7. The second kappa shape index (κ2) is 7.32. The van der Waals surface area contributed by atoms with E-state index in [4.69, 9.17) is 10.5 Å². The Morgan fingerprint density at radius 2 is 2.10 bits per heavy atom. The van der Waals surface area contributed by atoms with Crippen LogP contribution in [0.3, 0.4) is 0 Å². The van der Waals surface area contributed by atoms with Crippen LogP contribution in [0.5, 0.6) is 0 Å². The van der Waals surface area contributed by atoms with Gasteiger partial charge in [-0.05, 0) is 13.0 Å². The summed E-state index contributed by atoms with van der Waals surface area (Å²) in [7, 11) is 1.57. The van der Waals surface area contributed by atoms with Crippen molar-refractivity contribution in [2.45, 2.75) is 19.9 Å². The van der Waals surface area contributed by atoms with Crippen LogP contribution in [0.2, 0.25) is 0 Å². The molecule has 0 saturated heterocycles. The van der Waals surface area contributed by atoms with E-state index in [9.17, 15) is 14.4 Å². The first-order valence-electron chi connectivity index (χ1n) is 6.29. The Morgan fingerprint density at radius 1 is 1.40 bits per heavy atom. The van der Waals surface area contributed by atoms with Crippen molar-refractivity contribution in [3.05, 3.63) is 28.7 Å². The molecule has 0 aliphatic carbocycles. The summed E-state index contributed by atoms with van der Waals surface area (Å²) in [6.07, 6.45) is 1.54. The second-order valence-electron chi connectivity index (χ2n) is 4.30. The molecule has 1 aromatic rings. The standard InChI is InChI=1S/C13H19N3O4/c1-3-20-13(19)6-7-15(2)12(18)9-16-8-10(14)4-5-11(16)17/h4-5,8H,3,6-7,9,14H2,1-2H3. The molecule has 0 atom stereocenters. The maximum atomic E-state index is 11.9. The number of likely N-dealkylation sites (N-methyl/N-ethyl adjacent to an activating group) is 1. The average Bonchev–Trinajstić information content (AvgIpc) is 2.40. The van der Waals surface area contributed by atoms with Crippen molar-refractivity contribution < 1.29 is 14.3 Å². The number of nitrogens with two attached hydrogens (primary N) is 1. The summed E-state index contributed by atoms with van der Waals surface area (Å²) in [6, 6.07) is 2.79. The van der Waals surface area contributed by atoms with Gasteiger partial charge < -0.3 is 19.9 Å². The number of carbonyl (C=O) groups excluding carboxylic acids is 2. The molecule has 20 heavy (non-hydrogen) atoms. The number of hydrogen-bond donors (Lipinski definition) is 1. The summed E-state index contributed by atoms with van der Waals surface area (Å²) >= 11 is 0. The van der Waals surface area contributed by atoms with Gasteiger partial charge in [-0.25, -0.2) is 0 Å². The number of ether oxygens (including phenoxy) is 1. The molecule has 0 fully saturated rings. The number of anilines is 1. The lowest BCUT2D eigenvalue weighted by Gasteiger charge is -2.17. The van der Waals surface area contributed by atoms with E-state index >= 15 is 0 Å². The molecule has 1 amide bonds. The zero-order valence-corrected chi connectivity index (χ0v) is 11.7. The lowest BCUT2D eigenvalue weighted by atomic mass is 10.3. The molecule has 1 rings (SSSR count). The Kier molecular flexibility index (Phi) is 5.76. The number of nitrogens with zero attached hydrogens (tertiary/aromatic N) is 2. The number of carbonyl (C=O) groups is 2. The lowest BCUT2D eigenvalue weighted by molar-refractivity contribution is -0.143. The van der Waals surface area contributed by atoms with Crippen LogP contribution in [-0.4, -0.2) is 41.5 Å². The largest absolute Gasteiger partial charge is 0.466 e. The van der Waals surface area contributed by atoms with Gasteiger partial charge in [-0.3, -0.25) is 14.4 Å². The van der Waals surface area contributed by atoms with Gasteiger partial charge in [0, 0.05) is 31.5 Å². The van der Waals surface area contributed by atoms with Crippen molar-refractivity contribution in [1.29, 1.82) is 0 Å². The Labute approximate surface area is 116 Å². The minimum atomic E-state index is -0.353. The Bertz CT molecular complexity index is 539. The fourth-order valence-corrected chi connectivity index (χ4v) is 1.56. The number of rotatable bonds is 6. The van der Waals surface area contributed by atoms with E-state index in [0.29, 0.717) is 12.3 Å². The lowest BCUT2D eigenvalue weighted by Crippen LogP contribution is -2.35. The molecular formula is C13H19N3O4. The van der Waals surface area contributed by atoms with Gasteiger partial charge in [-0.15, -0.1) is 0 Å². The highest BCUT2D eigenvalue weighted by molar-refractivity contribution is 5.77. The molecular weight excluding hydrogens is 262 g/mol. The maximum Gasteiger partial charge on any atom is 0.307 e. The van der Waals surface area contributed by atoms with Crippen molar-refractivity contribution in [1.82, 2.24) is 9.47 Å². The molecule has 0 aliphatic heterocycles. The molecule has 0 aliphatic rings. The highest BCUT2D eigenvalue weighted by Gasteiger charge is 2.12. The number of pyridine rings is 1. The monoisotopic (exact) mass is 281 g/mol. The third kappa shape index (κ3) is 4.75. The van der Waals surface area contributed by atoms with Gasteiger partial charge in [0.2, 0.25) is 5.91 Å². The van der Waals surface area contributed by atoms with Crippen LogP contribution in [0, 0.1) is 0 Å². The summed E-state index contributed by atoms with van der Waals surface area (Å²) in [6.45, 7) is 2.17. The normalized spacial score (nSPS) is 10.1. The molecule has 0 bridgehead atoms. The Morgan fingerprint density at radius 3 is 2.75 bits per heavy atom. The van der Waals surface area contributed by atoms with Crippen molar-refractivity contribution in [2.75, 3.05) is 25.9 Å². The molecule has 7 nitrogen and oxygen atoms in total. The molecule has 110 valence electrons. The van der Waals surface area contributed by atoms with Gasteiger partial charge in [-0.2, -0.15) is 0 Å². The van der Waals surface area contributed by atoms with Gasteiger partial charge in [-0.1, -0.05) is 0 Å². The summed E-state index contributed by atoms with van der Waals surface area (Å²) in [4.78, 5) is 36.0. The fraction of sp³-hybridized carbons (Fsp3) is 0.462. The molecule has 0 radical (unpaired) electrons. The molecule has 1 aromatic heterocycles.